The highest BCUT2D eigenvalue weighted by Gasteiger charge is 2.62. The van der Waals surface area contributed by atoms with E-state index in [0.717, 1.165) is 12.0 Å². The van der Waals surface area contributed by atoms with Crippen LogP contribution in [-0.4, -0.2) is 94.3 Å². The van der Waals surface area contributed by atoms with Gasteiger partial charge in [0.05, 0.1) is 37.9 Å². The first-order valence-electron chi connectivity index (χ1n) is 13.2. The Kier molecular flexibility index (Phi) is 6.96. The third-order valence-electron chi connectivity index (χ3n) is 8.44. The molecule has 3 atom stereocenters. The number of aromatic nitrogens is 2. The molecule has 1 saturated carbocycles. The van der Waals surface area contributed by atoms with Gasteiger partial charge in [-0.2, -0.15) is 5.10 Å². The second kappa shape index (κ2) is 10.1. The maximum atomic E-state index is 13.5. The van der Waals surface area contributed by atoms with Crippen LogP contribution in [0.1, 0.15) is 36.2 Å². The molecule has 3 heterocycles. The third-order valence-corrected chi connectivity index (χ3v) is 8.44. The Bertz CT molecular complexity index is 1270. The van der Waals surface area contributed by atoms with Crippen LogP contribution in [0, 0.1) is 22.7 Å². The lowest BCUT2D eigenvalue weighted by molar-refractivity contribution is -0.153. The van der Waals surface area contributed by atoms with Crippen LogP contribution in [0.15, 0.2) is 42.7 Å². The summed E-state index contributed by atoms with van der Waals surface area (Å²) < 4.78 is 6.38. The molecule has 39 heavy (non-hydrogen) atoms. The van der Waals surface area contributed by atoms with E-state index in [1.807, 2.05) is 30.3 Å². The summed E-state index contributed by atoms with van der Waals surface area (Å²) >= 11 is 0. The molecule has 3 amide bonds. The van der Waals surface area contributed by atoms with E-state index in [0.29, 0.717) is 31.7 Å². The van der Waals surface area contributed by atoms with Gasteiger partial charge in [0.25, 0.3) is 5.91 Å². The summed E-state index contributed by atoms with van der Waals surface area (Å²) in [5.41, 5.74) is 0.823. The number of benzene rings is 1. The molecule has 5 rings (SSSR count). The lowest BCUT2D eigenvalue weighted by Crippen LogP contribution is -2.65. The van der Waals surface area contributed by atoms with Gasteiger partial charge < -0.3 is 25.0 Å². The van der Waals surface area contributed by atoms with Gasteiger partial charge in [-0.05, 0) is 17.4 Å². The Labute approximate surface area is 227 Å². The van der Waals surface area contributed by atoms with Crippen molar-refractivity contribution in [2.45, 2.75) is 32.9 Å². The molecule has 1 spiro atoms. The molecule has 208 valence electrons. The minimum absolute atomic E-state index is 0.0109. The number of likely N-dealkylation sites (tertiary alicyclic amines) is 2. The van der Waals surface area contributed by atoms with Crippen LogP contribution in [0.2, 0.25) is 0 Å². The number of hydrogen-bond donors (Lipinski definition) is 2. The lowest BCUT2D eigenvalue weighted by Gasteiger charge is -2.50. The summed E-state index contributed by atoms with van der Waals surface area (Å²) in [7, 11) is 1.18. The number of aliphatic hydroxyl groups is 1. The van der Waals surface area contributed by atoms with Crippen LogP contribution in [-0.2, 0) is 25.7 Å². The van der Waals surface area contributed by atoms with Gasteiger partial charge in [0.15, 0.2) is 6.04 Å². The zero-order valence-electron chi connectivity index (χ0n) is 22.5. The fourth-order valence-corrected chi connectivity index (χ4v) is 5.89. The number of amides is 3. The normalized spacial score (nSPS) is 23.2. The minimum Gasteiger partial charge on any atom is -0.467 e. The van der Waals surface area contributed by atoms with Crippen LogP contribution in [0.4, 0.5) is 0 Å². The second-order valence-electron chi connectivity index (χ2n) is 11.7. The van der Waals surface area contributed by atoms with Gasteiger partial charge >= 0.3 is 5.97 Å². The van der Waals surface area contributed by atoms with Crippen LogP contribution in [0.3, 0.4) is 0 Å². The summed E-state index contributed by atoms with van der Waals surface area (Å²) in [6.45, 7) is 5.19. The fraction of sp³-hybridized carbons (Fsp3) is 0.536. The summed E-state index contributed by atoms with van der Waals surface area (Å²) in [4.78, 5) is 55.3. The van der Waals surface area contributed by atoms with E-state index in [9.17, 15) is 24.3 Å². The van der Waals surface area contributed by atoms with Crippen LogP contribution < -0.4 is 5.32 Å². The molecule has 0 bridgehead atoms. The number of aliphatic hydroxyl groups excluding tert-OH is 1. The van der Waals surface area contributed by atoms with E-state index in [4.69, 9.17) is 0 Å². The second-order valence-corrected chi connectivity index (χ2v) is 11.7. The van der Waals surface area contributed by atoms with Crippen LogP contribution >= 0.6 is 0 Å². The number of carbonyl (C=O) groups excluding carboxylic acids is 4. The Morgan fingerprint density at radius 3 is 2.38 bits per heavy atom. The zero-order valence-corrected chi connectivity index (χ0v) is 22.5. The molecule has 1 aromatic carbocycles. The number of carbonyl (C=O) groups is 4. The van der Waals surface area contributed by atoms with Crippen LogP contribution in [0.5, 0.6) is 0 Å². The predicted molar refractivity (Wildman–Crippen MR) is 139 cm³/mol. The molecule has 2 aliphatic heterocycles. The van der Waals surface area contributed by atoms with E-state index in [2.05, 4.69) is 29.0 Å². The highest BCUT2D eigenvalue weighted by atomic mass is 16.5. The number of nitrogens with zero attached hydrogens (tertiary/aromatic N) is 4. The molecular formula is C28H35N5O6. The minimum atomic E-state index is -1.20. The molecule has 11 heteroatoms. The monoisotopic (exact) mass is 537 g/mol. The quantitative estimate of drug-likeness (QED) is 0.469. The Hall–Kier alpha value is -3.73. The number of hydrogen-bond acceptors (Lipinski definition) is 7. The Morgan fingerprint density at radius 1 is 1.10 bits per heavy atom. The van der Waals surface area contributed by atoms with Crippen molar-refractivity contribution in [1.29, 1.82) is 0 Å². The van der Waals surface area contributed by atoms with Crippen molar-refractivity contribution in [1.82, 2.24) is 24.9 Å². The summed E-state index contributed by atoms with van der Waals surface area (Å²) in [5.74, 6) is -2.04. The van der Waals surface area contributed by atoms with Gasteiger partial charge in [0, 0.05) is 43.7 Å². The standard InChI is InChI=1S/C28H35N5O6/c1-27(2)9-20(27)25(37)32-16-28(17-32)15-31(13-21(28)23(35)30-22(14-34)26(38)39-3)24(36)19-10-29-33(12-19)11-18-7-5-4-6-8-18/h4-8,10,12,20-22,34H,9,11,13-17H2,1-3H3,(H,30,35)/t20-,21-,22-/m1/s1. The maximum absolute atomic E-state index is 13.5. The molecule has 3 fully saturated rings. The van der Waals surface area contributed by atoms with Crippen LogP contribution in [0.25, 0.3) is 0 Å². The molecule has 3 aliphatic rings. The van der Waals surface area contributed by atoms with Crippen molar-refractivity contribution in [3.05, 3.63) is 53.9 Å². The number of esters is 1. The average molecular weight is 538 g/mol. The lowest BCUT2D eigenvalue weighted by atomic mass is 9.70. The maximum Gasteiger partial charge on any atom is 0.330 e. The molecular weight excluding hydrogens is 502 g/mol. The van der Waals surface area contributed by atoms with Gasteiger partial charge in [-0.25, -0.2) is 4.79 Å². The topological polar surface area (TPSA) is 134 Å². The van der Waals surface area contributed by atoms with E-state index < -0.39 is 35.9 Å². The summed E-state index contributed by atoms with van der Waals surface area (Å²) in [6, 6.07) is 8.58. The largest absolute Gasteiger partial charge is 0.467 e. The molecule has 0 radical (unpaired) electrons. The SMILES string of the molecule is COC(=O)[C@@H](CO)NC(=O)[C@H]1CN(C(=O)c2cnn(Cc3ccccc3)c2)CC12CN(C(=O)[C@H]1CC1(C)C)C2. The summed E-state index contributed by atoms with van der Waals surface area (Å²) in [6.07, 6.45) is 4.06. The van der Waals surface area contributed by atoms with Crippen molar-refractivity contribution in [2.75, 3.05) is 39.9 Å². The van der Waals surface area contributed by atoms with Gasteiger partial charge in [0.1, 0.15) is 0 Å². The number of nitrogens with one attached hydrogen (secondary N) is 1. The number of rotatable bonds is 8. The molecule has 2 saturated heterocycles. The van der Waals surface area contributed by atoms with E-state index in [-0.39, 0.29) is 29.7 Å². The number of ether oxygens (including phenoxy) is 1. The Balaban J connectivity index is 1.31. The molecule has 11 nitrogen and oxygen atoms in total. The van der Waals surface area contributed by atoms with Gasteiger partial charge in [-0.3, -0.25) is 19.1 Å². The number of methoxy groups -OCH3 is 1. The smallest absolute Gasteiger partial charge is 0.330 e. The van der Waals surface area contributed by atoms with Gasteiger partial charge in [-0.15, -0.1) is 0 Å². The Morgan fingerprint density at radius 2 is 1.77 bits per heavy atom. The highest BCUT2D eigenvalue weighted by molar-refractivity contribution is 5.95. The highest BCUT2D eigenvalue weighted by Crippen LogP contribution is 2.54. The molecule has 2 N–H and O–H groups in total. The first kappa shape index (κ1) is 26.9. The summed E-state index contributed by atoms with van der Waals surface area (Å²) in [5, 5.41) is 16.5. The first-order valence-corrected chi connectivity index (χ1v) is 13.2. The molecule has 2 aromatic rings. The molecule has 0 unspecified atom stereocenters. The van der Waals surface area contributed by atoms with Crippen molar-refractivity contribution < 1.29 is 29.0 Å². The first-order chi connectivity index (χ1) is 18.6. The van der Waals surface area contributed by atoms with E-state index >= 15 is 0 Å². The van der Waals surface area contributed by atoms with E-state index in [1.165, 1.54) is 13.3 Å². The predicted octanol–water partition coefficient (Wildman–Crippen LogP) is 0.528. The van der Waals surface area contributed by atoms with Crippen molar-refractivity contribution >= 4 is 23.7 Å². The average Bonchev–Trinajstić information content (AvgIpc) is 3.24. The van der Waals surface area contributed by atoms with Gasteiger partial charge in [-0.1, -0.05) is 44.2 Å². The molecule has 1 aromatic heterocycles. The van der Waals surface area contributed by atoms with E-state index in [1.54, 1.807) is 20.7 Å². The zero-order chi connectivity index (χ0) is 27.9. The third kappa shape index (κ3) is 5.15. The van der Waals surface area contributed by atoms with Crippen molar-refractivity contribution in [3.63, 3.8) is 0 Å². The van der Waals surface area contributed by atoms with Crippen molar-refractivity contribution in [2.24, 2.45) is 22.7 Å². The van der Waals surface area contributed by atoms with Gasteiger partial charge in [0.2, 0.25) is 11.8 Å². The fourth-order valence-electron chi connectivity index (χ4n) is 5.89. The van der Waals surface area contributed by atoms with Crippen molar-refractivity contribution in [3.8, 4) is 0 Å². The molecule has 1 aliphatic carbocycles.